The van der Waals surface area contributed by atoms with Gasteiger partial charge in [-0.05, 0) is 80.3 Å². The zero-order valence-electron chi connectivity index (χ0n) is 40.7. The predicted octanol–water partition coefficient (Wildman–Crippen LogP) is 7.94. The third-order valence-electron chi connectivity index (χ3n) is 13.4. The highest BCUT2D eigenvalue weighted by Gasteiger charge is 2.30. The van der Waals surface area contributed by atoms with E-state index in [-0.39, 0.29) is 30.5 Å². The highest BCUT2D eigenvalue weighted by atomic mass is 35.5. The van der Waals surface area contributed by atoms with Gasteiger partial charge in [-0.3, -0.25) is 14.3 Å². The number of fused-ring (bicyclic) bond motifs is 3. The van der Waals surface area contributed by atoms with E-state index in [1.54, 1.807) is 34.2 Å². The molecular weight excluding hydrogens is 984 g/mol. The Hall–Kier alpha value is -8.36. The van der Waals surface area contributed by atoms with Crippen LogP contribution in [0, 0.1) is 0 Å². The predicted molar refractivity (Wildman–Crippen MR) is 283 cm³/mol. The Morgan fingerprint density at radius 3 is 1.73 bits per heavy atom. The quantitative estimate of drug-likeness (QED) is 0.111. The van der Waals surface area contributed by atoms with Crippen molar-refractivity contribution in [1.82, 2.24) is 68.6 Å². The molecule has 0 spiro atoms. The number of hydrogen-bond donors (Lipinski definition) is 2. The molecule has 0 aliphatic carbocycles. The van der Waals surface area contributed by atoms with Crippen molar-refractivity contribution in [1.29, 1.82) is 0 Å². The van der Waals surface area contributed by atoms with Crippen LogP contribution in [0.1, 0.15) is 49.3 Å². The Morgan fingerprint density at radius 2 is 1.23 bits per heavy atom. The molecule has 2 amide bonds. The van der Waals surface area contributed by atoms with Crippen molar-refractivity contribution >= 4 is 79.6 Å². The second-order valence-corrected chi connectivity index (χ2v) is 18.8. The van der Waals surface area contributed by atoms with E-state index in [2.05, 4.69) is 43.2 Å². The average molecular weight is 1040 g/mol. The lowest BCUT2D eigenvalue weighted by Gasteiger charge is -2.32. The van der Waals surface area contributed by atoms with Crippen molar-refractivity contribution in [3.8, 4) is 34.0 Å². The summed E-state index contributed by atoms with van der Waals surface area (Å²) >= 11 is 13.3. The molecule has 0 unspecified atom stereocenters. The molecule has 20 nitrogen and oxygen atoms in total. The summed E-state index contributed by atoms with van der Waals surface area (Å²) in [6, 6.07) is 18.9. The minimum Gasteiger partial charge on any atom is -0.486 e. The Morgan fingerprint density at radius 1 is 0.703 bits per heavy atom. The number of likely N-dealkylation sites (tertiary alicyclic amines) is 2. The summed E-state index contributed by atoms with van der Waals surface area (Å²) in [5.41, 5.74) is 18.5. The van der Waals surface area contributed by atoms with Gasteiger partial charge in [0.2, 0.25) is 11.8 Å². The number of carbonyl (C=O) groups is 2. The minimum absolute atomic E-state index is 0.0472. The number of para-hydroxylation sites is 1. The molecule has 0 bridgehead atoms. The first-order chi connectivity index (χ1) is 35.9. The number of rotatable bonds is 12. The van der Waals surface area contributed by atoms with Crippen LogP contribution in [0.3, 0.4) is 0 Å². The van der Waals surface area contributed by atoms with Crippen molar-refractivity contribution in [3.63, 3.8) is 0 Å². The first-order valence-corrected chi connectivity index (χ1v) is 24.7. The molecule has 2 aliphatic rings. The lowest BCUT2D eigenvalue weighted by molar-refractivity contribution is -0.128. The van der Waals surface area contributed by atoms with Gasteiger partial charge in [-0.2, -0.15) is 15.3 Å². The zero-order valence-corrected chi connectivity index (χ0v) is 42.2. The lowest BCUT2D eigenvalue weighted by Crippen LogP contribution is -2.40. The second kappa shape index (κ2) is 21.0. The fourth-order valence-electron chi connectivity index (χ4n) is 9.62. The first-order valence-electron chi connectivity index (χ1n) is 23.9. The Labute approximate surface area is 434 Å². The number of nitrogens with zero attached hydrogens (tertiary/aromatic N) is 14. The van der Waals surface area contributed by atoms with E-state index in [9.17, 15) is 9.59 Å². The summed E-state index contributed by atoms with van der Waals surface area (Å²) in [5.74, 6) is 2.34. The Balaban J connectivity index is 0.000000170. The number of nitrogen functional groups attached to an aromatic ring is 2. The molecule has 2 fully saturated rings. The van der Waals surface area contributed by atoms with Crippen molar-refractivity contribution < 1.29 is 19.1 Å². The number of hydrogen-bond acceptors (Lipinski definition) is 14. The Bertz CT molecular complexity index is 3600. The number of amides is 2. The van der Waals surface area contributed by atoms with Crippen LogP contribution in [0.2, 0.25) is 10.0 Å². The van der Waals surface area contributed by atoms with Gasteiger partial charge >= 0.3 is 0 Å². The van der Waals surface area contributed by atoms with E-state index in [1.807, 2.05) is 81.4 Å². The number of piperidine rings is 2. The fraction of sp³-hybridized carbons (Fsp3) is 0.269. The first kappa shape index (κ1) is 49.2. The molecule has 0 saturated carbocycles. The maximum absolute atomic E-state index is 12.3. The van der Waals surface area contributed by atoms with Crippen molar-refractivity contribution in [2.24, 2.45) is 14.1 Å². The monoisotopic (exact) mass is 1030 g/mol. The van der Waals surface area contributed by atoms with E-state index >= 15 is 0 Å². The van der Waals surface area contributed by atoms with Gasteiger partial charge < -0.3 is 35.3 Å². The highest BCUT2D eigenvalue weighted by molar-refractivity contribution is 6.32. The summed E-state index contributed by atoms with van der Waals surface area (Å²) < 4.78 is 19.4. The Kier molecular flexibility index (Phi) is 14.0. The van der Waals surface area contributed by atoms with Crippen LogP contribution >= 0.6 is 23.2 Å². The van der Waals surface area contributed by atoms with Crippen LogP contribution in [-0.4, -0.2) is 107 Å². The summed E-state index contributed by atoms with van der Waals surface area (Å²) in [7, 11) is 3.82. The van der Waals surface area contributed by atoms with Crippen LogP contribution in [0.4, 0.5) is 11.6 Å². The van der Waals surface area contributed by atoms with Crippen LogP contribution in [0.15, 0.2) is 111 Å². The minimum atomic E-state index is -0.0911. The lowest BCUT2D eigenvalue weighted by atomic mass is 10.1. The standard InChI is InChI=1S/C28H27ClN8O2.C24H25ClN8O2/c1-3-24(38)36-12-6-7-18(14-36)37-28-25(27(30)31-16-32-28)26(34-37)17-10-11-23(20(29)13-17)39-15-21-19-8-4-5-9-22(19)35(2)33-21;1-3-20(34)32-9-4-5-16(12-32)33-24-21(23(26)28-14-29-24)22(30-33)15-6-7-18(17(25)11-15)35-13-19-27-8-10-31(19)2/h3-5,8-11,13,16,18H,1,6-7,12,14-15H2,2H3,(H2,30,31,32);3,6-8,10-11,14,16H,1,4-5,9,12-13H2,2H3,(H2,26,28,29)/t18-;16-/m11/s1. The molecule has 378 valence electrons. The third-order valence-corrected chi connectivity index (χ3v) is 14.0. The average Bonchev–Trinajstić information content (AvgIpc) is 4.22. The van der Waals surface area contributed by atoms with Crippen LogP contribution in [-0.2, 0) is 36.9 Å². The number of halogens is 2. The van der Waals surface area contributed by atoms with Gasteiger partial charge in [-0.15, -0.1) is 0 Å². The van der Waals surface area contributed by atoms with Crippen molar-refractivity contribution in [3.05, 3.63) is 133 Å². The summed E-state index contributed by atoms with van der Waals surface area (Å²) in [6.07, 6.45) is 12.5. The molecule has 2 aliphatic heterocycles. The molecule has 3 aromatic carbocycles. The van der Waals surface area contributed by atoms with Crippen molar-refractivity contribution in [2.75, 3.05) is 37.6 Å². The third kappa shape index (κ3) is 9.68. The largest absolute Gasteiger partial charge is 0.486 e. The maximum Gasteiger partial charge on any atom is 0.246 e. The van der Waals surface area contributed by atoms with Gasteiger partial charge in [0, 0.05) is 69.2 Å². The zero-order chi connectivity index (χ0) is 51.6. The smallest absolute Gasteiger partial charge is 0.246 e. The topological polar surface area (TPSA) is 234 Å². The molecule has 2 atom stereocenters. The molecular formula is C52H52Cl2N16O4. The summed E-state index contributed by atoms with van der Waals surface area (Å²) in [5, 5.41) is 17.6. The van der Waals surface area contributed by atoms with E-state index in [4.69, 9.17) is 54.3 Å². The molecule has 0 radical (unpaired) electrons. The number of anilines is 2. The van der Waals surface area contributed by atoms with Crippen LogP contribution < -0.4 is 20.9 Å². The van der Waals surface area contributed by atoms with Gasteiger partial charge in [0.1, 0.15) is 71.9 Å². The molecule has 4 N–H and O–H groups in total. The van der Waals surface area contributed by atoms with Crippen LogP contribution in [0.5, 0.6) is 11.5 Å². The molecule has 74 heavy (non-hydrogen) atoms. The fourth-order valence-corrected chi connectivity index (χ4v) is 10.1. The molecule has 8 heterocycles. The molecule has 2 saturated heterocycles. The number of imidazole rings is 1. The molecule has 9 aromatic rings. The second-order valence-electron chi connectivity index (χ2n) is 18.0. The van der Waals surface area contributed by atoms with Gasteiger partial charge in [-0.1, -0.05) is 54.6 Å². The number of benzene rings is 3. The number of nitrogens with two attached hydrogens (primary N) is 2. The van der Waals surface area contributed by atoms with E-state index in [0.717, 1.165) is 59.2 Å². The molecule has 6 aromatic heterocycles. The molecule has 22 heteroatoms. The maximum atomic E-state index is 12.3. The van der Waals surface area contributed by atoms with E-state index < -0.39 is 0 Å². The number of ether oxygens (including phenoxy) is 2. The molecule has 11 rings (SSSR count). The van der Waals surface area contributed by atoms with Crippen LogP contribution in [0.25, 0.3) is 55.5 Å². The number of carbonyl (C=O) groups excluding carboxylic acids is 2. The van der Waals surface area contributed by atoms with Gasteiger partial charge in [0.05, 0.1) is 38.4 Å². The number of aryl methyl sites for hydroxylation is 2. The summed E-state index contributed by atoms with van der Waals surface area (Å²) in [4.78, 5) is 49.7. The van der Waals surface area contributed by atoms with E-state index in [1.165, 1.54) is 24.8 Å². The van der Waals surface area contributed by atoms with Gasteiger partial charge in [0.25, 0.3) is 0 Å². The van der Waals surface area contributed by atoms with E-state index in [0.29, 0.717) is 99.4 Å². The van der Waals surface area contributed by atoms with Gasteiger partial charge in [0.15, 0.2) is 11.3 Å². The van der Waals surface area contributed by atoms with Crippen molar-refractivity contribution in [2.45, 2.75) is 51.0 Å². The SMILES string of the molecule is C=CC(=O)N1CCC[C@@H](n2nc(-c3ccc(OCc4nccn4C)c(Cl)c3)c3c(N)ncnc32)C1.C=CC(=O)N1CCC[C@@H](n2nc(-c3ccc(OCc4nn(C)c5ccccc45)c(Cl)c3)c3c(N)ncnc32)C1. The van der Waals surface area contributed by atoms with Gasteiger partial charge in [-0.25, -0.2) is 34.3 Å². The number of aromatic nitrogens is 12. The summed E-state index contributed by atoms with van der Waals surface area (Å²) in [6.45, 7) is 10.2. The highest BCUT2D eigenvalue weighted by Crippen LogP contribution is 2.39. The normalized spacial score (nSPS) is 15.8.